The number of rotatable bonds is 7. The number of carbonyl (C=O) groups excluding carboxylic acids is 1. The molecule has 2 heterocycles. The van der Waals surface area contributed by atoms with E-state index in [-0.39, 0.29) is 11.5 Å². The molecule has 0 aliphatic carbocycles. The van der Waals surface area contributed by atoms with Gasteiger partial charge in [-0.3, -0.25) is 9.00 Å². The lowest BCUT2D eigenvalue weighted by Crippen LogP contribution is -2.61. The van der Waals surface area contributed by atoms with Crippen molar-refractivity contribution in [2.45, 2.75) is 37.9 Å². The molecule has 0 saturated carbocycles. The molecule has 0 bridgehead atoms. The number of carbonyl (C=O) groups is 1. The van der Waals surface area contributed by atoms with Crippen LogP contribution in [0.3, 0.4) is 0 Å². The van der Waals surface area contributed by atoms with E-state index in [1.165, 1.54) is 0 Å². The molecule has 2 aromatic rings. The lowest BCUT2D eigenvalue weighted by Gasteiger charge is -2.49. The first kappa shape index (κ1) is 22.9. The van der Waals surface area contributed by atoms with E-state index in [2.05, 4.69) is 15.2 Å². The molecule has 2 aromatic carbocycles. The molecule has 2 aliphatic heterocycles. The van der Waals surface area contributed by atoms with Gasteiger partial charge in [0.15, 0.2) is 0 Å². The van der Waals surface area contributed by atoms with E-state index in [0.717, 1.165) is 50.1 Å². The van der Waals surface area contributed by atoms with Crippen LogP contribution in [0, 0.1) is 0 Å². The molecule has 2 saturated heterocycles. The zero-order valence-electron chi connectivity index (χ0n) is 18.2. The maximum absolute atomic E-state index is 12.7. The van der Waals surface area contributed by atoms with Crippen LogP contribution in [0.5, 0.6) is 0 Å². The average molecular weight is 458 g/mol. The lowest BCUT2D eigenvalue weighted by atomic mass is 9.88. The fraction of sp³-hybridized carbons (Fsp3) is 0.435. The minimum Gasteiger partial charge on any atom is -0.759 e. The Hall–Kier alpha value is -2.30. The zero-order valence-corrected chi connectivity index (χ0v) is 19.0. The van der Waals surface area contributed by atoms with Crippen LogP contribution in [0.25, 0.3) is 0 Å². The van der Waals surface area contributed by atoms with Gasteiger partial charge in [0.05, 0.1) is 12.1 Å². The lowest BCUT2D eigenvalue weighted by molar-refractivity contribution is -0.161. The van der Waals surface area contributed by atoms with Crippen molar-refractivity contribution in [1.82, 2.24) is 9.73 Å². The fourth-order valence-corrected chi connectivity index (χ4v) is 4.73. The molecule has 1 spiro atoms. The predicted molar refractivity (Wildman–Crippen MR) is 124 cm³/mol. The molecule has 0 aromatic heterocycles. The molecule has 8 nitrogen and oxygen atoms in total. The number of ether oxygens (including phenoxy) is 1. The smallest absolute Gasteiger partial charge is 0.255 e. The van der Waals surface area contributed by atoms with E-state index in [0.29, 0.717) is 12.2 Å². The third kappa shape index (κ3) is 5.54. The summed E-state index contributed by atoms with van der Waals surface area (Å²) in [7, 11) is 0. The van der Waals surface area contributed by atoms with Crippen molar-refractivity contribution in [3.63, 3.8) is 0 Å². The predicted octanol–water partition coefficient (Wildman–Crippen LogP) is 2.23. The van der Waals surface area contributed by atoms with E-state index < -0.39 is 17.4 Å². The van der Waals surface area contributed by atoms with E-state index in [1.807, 2.05) is 66.4 Å². The van der Waals surface area contributed by atoms with Crippen molar-refractivity contribution < 1.29 is 18.3 Å². The third-order valence-electron chi connectivity index (χ3n) is 6.24. The van der Waals surface area contributed by atoms with Crippen LogP contribution in [0.15, 0.2) is 54.6 Å². The normalized spacial score (nSPS) is 22.1. The van der Waals surface area contributed by atoms with E-state index in [9.17, 15) is 13.6 Å². The van der Waals surface area contributed by atoms with Gasteiger partial charge in [-0.1, -0.05) is 30.3 Å². The largest absolute Gasteiger partial charge is 0.759 e. The van der Waals surface area contributed by atoms with Gasteiger partial charge in [0.2, 0.25) is 0 Å². The van der Waals surface area contributed by atoms with Gasteiger partial charge in [0.1, 0.15) is 6.10 Å². The molecule has 1 amide bonds. The molecule has 172 valence electrons. The van der Waals surface area contributed by atoms with Crippen molar-refractivity contribution in [3.8, 4) is 0 Å². The number of nitrogens with zero attached hydrogens (tertiary/aromatic N) is 2. The Morgan fingerprint density at radius 1 is 1.16 bits per heavy atom. The molecule has 2 aliphatic rings. The molecule has 2 unspecified atom stereocenters. The monoisotopic (exact) mass is 457 g/mol. The van der Waals surface area contributed by atoms with Crippen molar-refractivity contribution >= 4 is 28.5 Å². The molecule has 2 N–H and O–H groups in total. The number of hydrogen-bond donors (Lipinski definition) is 2. The molecular weight excluding hydrogens is 428 g/mol. The van der Waals surface area contributed by atoms with Crippen molar-refractivity contribution in [2.75, 3.05) is 36.5 Å². The minimum absolute atomic E-state index is 0.0213. The number of piperidine rings is 1. The van der Waals surface area contributed by atoms with Crippen LogP contribution >= 0.6 is 0 Å². The highest BCUT2D eigenvalue weighted by Crippen LogP contribution is 2.35. The van der Waals surface area contributed by atoms with Gasteiger partial charge in [-0.15, -0.1) is 0 Å². The second-order valence-electron chi connectivity index (χ2n) is 8.46. The first-order valence-corrected chi connectivity index (χ1v) is 12.0. The molecule has 0 radical (unpaired) electrons. The maximum atomic E-state index is 12.7. The summed E-state index contributed by atoms with van der Waals surface area (Å²) in [4.78, 5) is 19.2. The Morgan fingerprint density at radius 3 is 2.62 bits per heavy atom. The quantitative estimate of drug-likeness (QED) is 0.489. The van der Waals surface area contributed by atoms with Gasteiger partial charge in [-0.2, -0.15) is 4.83 Å². The maximum Gasteiger partial charge on any atom is 0.255 e. The Bertz CT molecular complexity index is 950. The second-order valence-corrected chi connectivity index (χ2v) is 9.13. The minimum atomic E-state index is -2.36. The van der Waals surface area contributed by atoms with Crippen molar-refractivity contribution in [1.29, 1.82) is 0 Å². The summed E-state index contributed by atoms with van der Waals surface area (Å²) in [5, 5.41) is 0. The number of benzene rings is 2. The summed E-state index contributed by atoms with van der Waals surface area (Å²) in [5.74, 6) is 0.0213. The third-order valence-corrected chi connectivity index (χ3v) is 6.51. The highest BCUT2D eigenvalue weighted by molar-refractivity contribution is 7.77. The van der Waals surface area contributed by atoms with Crippen LogP contribution in [0.2, 0.25) is 0 Å². The molecular formula is C23H29N4O4S-. The highest BCUT2D eigenvalue weighted by Gasteiger charge is 2.45. The molecule has 2 fully saturated rings. The van der Waals surface area contributed by atoms with Crippen LogP contribution in [-0.4, -0.2) is 57.5 Å². The topological polar surface area (TPSA) is 97.0 Å². The Morgan fingerprint density at radius 2 is 1.91 bits per heavy atom. The van der Waals surface area contributed by atoms with Crippen LogP contribution < -0.4 is 15.2 Å². The van der Waals surface area contributed by atoms with Gasteiger partial charge in [-0.25, -0.2) is 0 Å². The summed E-state index contributed by atoms with van der Waals surface area (Å²) < 4.78 is 27.6. The number of hydrazine groups is 1. The van der Waals surface area contributed by atoms with Crippen molar-refractivity contribution in [3.05, 3.63) is 60.2 Å². The first-order chi connectivity index (χ1) is 15.4. The van der Waals surface area contributed by atoms with Gasteiger partial charge >= 0.3 is 0 Å². The van der Waals surface area contributed by atoms with Gasteiger partial charge in [0, 0.05) is 42.3 Å². The Labute approximate surface area is 191 Å². The Kier molecular flexibility index (Phi) is 7.22. The molecule has 9 heteroatoms. The first-order valence-electron chi connectivity index (χ1n) is 10.9. The summed E-state index contributed by atoms with van der Waals surface area (Å²) in [5.41, 5.74) is 5.13. The average Bonchev–Trinajstić information content (AvgIpc) is 2.81. The summed E-state index contributed by atoms with van der Waals surface area (Å²) >= 11 is -2.36. The summed E-state index contributed by atoms with van der Waals surface area (Å²) in [6.07, 6.45) is 2.20. The van der Waals surface area contributed by atoms with Crippen LogP contribution in [0.4, 0.5) is 11.4 Å². The second kappa shape index (κ2) is 10.1. The van der Waals surface area contributed by atoms with E-state index in [4.69, 9.17) is 4.74 Å². The fourth-order valence-electron chi connectivity index (χ4n) is 4.53. The zero-order chi connectivity index (χ0) is 22.6. The van der Waals surface area contributed by atoms with Gasteiger partial charge in [0.25, 0.3) is 5.91 Å². The number of morpholine rings is 1. The molecule has 2 atom stereocenters. The number of anilines is 2. The molecule has 32 heavy (non-hydrogen) atoms. The van der Waals surface area contributed by atoms with Gasteiger partial charge < -0.3 is 24.5 Å². The Balaban J connectivity index is 1.32. The molecule has 4 rings (SSSR count). The van der Waals surface area contributed by atoms with E-state index >= 15 is 0 Å². The summed E-state index contributed by atoms with van der Waals surface area (Å²) in [6, 6.07) is 17.5. The summed E-state index contributed by atoms with van der Waals surface area (Å²) in [6.45, 7) is 5.19. The number of hydrogen-bond acceptors (Lipinski definition) is 6. The van der Waals surface area contributed by atoms with Crippen molar-refractivity contribution in [2.24, 2.45) is 0 Å². The number of nitrogens with one attached hydrogen (secondary N) is 2. The van der Waals surface area contributed by atoms with Crippen LogP contribution in [-0.2, 0) is 27.2 Å². The highest BCUT2D eigenvalue weighted by atomic mass is 32.2. The van der Waals surface area contributed by atoms with Gasteiger partial charge in [-0.05, 0) is 56.0 Å². The number of amides is 1. The number of para-hydroxylation sites is 1. The van der Waals surface area contributed by atoms with Crippen LogP contribution in [0.1, 0.15) is 25.3 Å². The van der Waals surface area contributed by atoms with E-state index in [1.54, 1.807) is 0 Å². The number of likely N-dealkylation sites (tertiary alicyclic amines) is 1. The standard InChI is InChI=1S/C23H30N4O4S/c1-18-22(28)27(21-8-3-2-4-9-21)17-23(31-18)11-14-26(15-12-23)13-10-19-6-5-7-20(16-19)24-25-32(29)30/h2-9,16,18,24-25H,10-15,17H2,1H3,(H,29,30)/p-1. The SMILES string of the molecule is CC1OC2(CCN(CCc3cccc(NNS(=O)[O-])c3)CC2)CN(c2ccccc2)C1=O.